The molecule has 0 N–H and O–H groups in total. The van der Waals surface area contributed by atoms with Crippen LogP contribution >= 0.6 is 0 Å². The Labute approximate surface area is 103 Å². The van der Waals surface area contributed by atoms with Gasteiger partial charge in [0.25, 0.3) is 0 Å². The van der Waals surface area contributed by atoms with Crippen LogP contribution in [0.2, 0.25) is 0 Å². The molecule has 17 heavy (non-hydrogen) atoms. The maximum Gasteiger partial charge on any atom is 0.109 e. The minimum Gasteiger partial charge on any atom is -0.466 e. The molecule has 2 rings (SSSR count). The van der Waals surface area contributed by atoms with E-state index in [4.69, 9.17) is 4.42 Å². The number of unbranched alkanes of at least 4 members (excludes halogenated alkanes) is 1. The largest absolute Gasteiger partial charge is 0.466 e. The van der Waals surface area contributed by atoms with E-state index in [9.17, 15) is 0 Å². The Balaban J connectivity index is 2.45. The Morgan fingerprint density at radius 2 is 1.71 bits per heavy atom. The number of furan rings is 1. The zero-order chi connectivity index (χ0) is 12.3. The van der Waals surface area contributed by atoms with E-state index in [0.717, 1.165) is 17.9 Å². The highest BCUT2D eigenvalue weighted by molar-refractivity contribution is 5.70. The van der Waals surface area contributed by atoms with Crippen molar-refractivity contribution in [1.29, 1.82) is 0 Å². The van der Waals surface area contributed by atoms with Gasteiger partial charge in [-0.15, -0.1) is 0 Å². The molecule has 0 fully saturated rings. The van der Waals surface area contributed by atoms with Crippen LogP contribution in [0.25, 0.3) is 11.1 Å². The molecule has 0 saturated heterocycles. The van der Waals surface area contributed by atoms with Gasteiger partial charge in [-0.05, 0) is 32.3 Å². The van der Waals surface area contributed by atoms with E-state index in [1.54, 1.807) is 0 Å². The van der Waals surface area contributed by atoms with Crippen LogP contribution in [0.4, 0.5) is 0 Å². The number of aryl methyl sites for hydroxylation is 2. The molecule has 2 aromatic rings. The van der Waals surface area contributed by atoms with Crippen LogP contribution in [-0.2, 0) is 6.42 Å². The first kappa shape index (κ1) is 12.0. The summed E-state index contributed by atoms with van der Waals surface area (Å²) in [6.07, 6.45) is 3.56. The van der Waals surface area contributed by atoms with Crippen molar-refractivity contribution >= 4 is 0 Å². The second-order valence-electron chi connectivity index (χ2n) is 4.54. The third-order valence-electron chi connectivity index (χ3n) is 3.23. The summed E-state index contributed by atoms with van der Waals surface area (Å²) in [4.78, 5) is 0. The molecule has 90 valence electrons. The van der Waals surface area contributed by atoms with Gasteiger partial charge in [-0.2, -0.15) is 0 Å². The summed E-state index contributed by atoms with van der Waals surface area (Å²) in [5, 5.41) is 0. The van der Waals surface area contributed by atoms with Gasteiger partial charge in [0.05, 0.1) is 0 Å². The van der Waals surface area contributed by atoms with Crippen molar-refractivity contribution in [2.75, 3.05) is 0 Å². The SMILES string of the molecule is CCCCc1c(C)oc(C)c1-c1ccccc1. The fraction of sp³-hybridized carbons (Fsp3) is 0.375. The maximum absolute atomic E-state index is 5.80. The van der Waals surface area contributed by atoms with E-state index >= 15 is 0 Å². The van der Waals surface area contributed by atoms with Gasteiger partial charge >= 0.3 is 0 Å². The lowest BCUT2D eigenvalue weighted by Gasteiger charge is -2.04. The molecule has 1 aromatic heterocycles. The monoisotopic (exact) mass is 228 g/mol. The van der Waals surface area contributed by atoms with Gasteiger partial charge in [-0.1, -0.05) is 43.7 Å². The third kappa shape index (κ3) is 2.44. The van der Waals surface area contributed by atoms with Crippen molar-refractivity contribution in [3.8, 4) is 11.1 Å². The van der Waals surface area contributed by atoms with Crippen LogP contribution in [0.3, 0.4) is 0 Å². The minimum atomic E-state index is 1.04. The molecule has 1 nitrogen and oxygen atoms in total. The van der Waals surface area contributed by atoms with E-state index in [2.05, 4.69) is 51.1 Å². The van der Waals surface area contributed by atoms with Gasteiger partial charge < -0.3 is 4.42 Å². The fourth-order valence-electron chi connectivity index (χ4n) is 2.37. The highest BCUT2D eigenvalue weighted by atomic mass is 16.3. The second kappa shape index (κ2) is 5.22. The zero-order valence-electron chi connectivity index (χ0n) is 10.9. The quantitative estimate of drug-likeness (QED) is 0.725. The maximum atomic E-state index is 5.80. The van der Waals surface area contributed by atoms with E-state index in [0.29, 0.717) is 0 Å². The predicted octanol–water partition coefficient (Wildman–Crippen LogP) is 4.91. The lowest BCUT2D eigenvalue weighted by molar-refractivity contribution is 0.501. The van der Waals surface area contributed by atoms with E-state index < -0.39 is 0 Å². The van der Waals surface area contributed by atoms with Gasteiger partial charge in [-0.25, -0.2) is 0 Å². The summed E-state index contributed by atoms with van der Waals surface area (Å²) in [5.74, 6) is 2.12. The van der Waals surface area contributed by atoms with Crippen LogP contribution in [0.5, 0.6) is 0 Å². The molecule has 1 heteroatoms. The Kier molecular flexibility index (Phi) is 3.68. The number of hydrogen-bond donors (Lipinski definition) is 0. The molecule has 0 unspecified atom stereocenters. The Bertz CT molecular complexity index is 480. The highest BCUT2D eigenvalue weighted by Crippen LogP contribution is 2.32. The molecule has 0 amide bonds. The molecule has 0 spiro atoms. The zero-order valence-corrected chi connectivity index (χ0v) is 10.9. The number of hydrogen-bond acceptors (Lipinski definition) is 1. The predicted molar refractivity (Wildman–Crippen MR) is 72.2 cm³/mol. The van der Waals surface area contributed by atoms with E-state index in [1.807, 2.05) is 0 Å². The third-order valence-corrected chi connectivity index (χ3v) is 3.23. The molecule has 0 aliphatic heterocycles. The van der Waals surface area contributed by atoms with Crippen LogP contribution in [0.1, 0.15) is 36.8 Å². The van der Waals surface area contributed by atoms with Crippen molar-refractivity contribution in [1.82, 2.24) is 0 Å². The molecule has 0 saturated carbocycles. The van der Waals surface area contributed by atoms with Crippen molar-refractivity contribution in [2.45, 2.75) is 40.0 Å². The van der Waals surface area contributed by atoms with Crippen LogP contribution in [-0.4, -0.2) is 0 Å². The number of rotatable bonds is 4. The first-order valence-electron chi connectivity index (χ1n) is 6.38. The average molecular weight is 228 g/mol. The molecule has 0 atom stereocenters. The van der Waals surface area contributed by atoms with Crippen LogP contribution < -0.4 is 0 Å². The topological polar surface area (TPSA) is 13.1 Å². The molecular weight excluding hydrogens is 208 g/mol. The minimum absolute atomic E-state index is 1.04. The fourth-order valence-corrected chi connectivity index (χ4v) is 2.37. The normalized spacial score (nSPS) is 10.8. The summed E-state index contributed by atoms with van der Waals surface area (Å²) in [5.41, 5.74) is 3.96. The summed E-state index contributed by atoms with van der Waals surface area (Å²) in [6, 6.07) is 10.5. The first-order chi connectivity index (χ1) is 8.24. The Hall–Kier alpha value is -1.50. The second-order valence-corrected chi connectivity index (χ2v) is 4.54. The molecule has 1 heterocycles. The van der Waals surface area contributed by atoms with E-state index in [-0.39, 0.29) is 0 Å². The molecule has 0 aliphatic rings. The number of benzene rings is 1. The smallest absolute Gasteiger partial charge is 0.109 e. The summed E-state index contributed by atoms with van der Waals surface area (Å²) in [6.45, 7) is 6.36. The van der Waals surface area contributed by atoms with Crippen molar-refractivity contribution in [2.24, 2.45) is 0 Å². The first-order valence-corrected chi connectivity index (χ1v) is 6.38. The molecule has 0 aliphatic carbocycles. The van der Waals surface area contributed by atoms with Gasteiger partial charge in [0.15, 0.2) is 0 Å². The van der Waals surface area contributed by atoms with Crippen LogP contribution in [0.15, 0.2) is 34.7 Å². The molecule has 0 radical (unpaired) electrons. The van der Waals surface area contributed by atoms with Gasteiger partial charge in [0.2, 0.25) is 0 Å². The van der Waals surface area contributed by atoms with E-state index in [1.165, 1.54) is 29.5 Å². The standard InChI is InChI=1S/C16H20O/c1-4-5-11-15-12(2)17-13(3)16(15)14-9-7-6-8-10-14/h6-10H,4-5,11H2,1-3H3. The van der Waals surface area contributed by atoms with Crippen molar-refractivity contribution in [3.63, 3.8) is 0 Å². The lowest BCUT2D eigenvalue weighted by atomic mass is 9.97. The summed E-state index contributed by atoms with van der Waals surface area (Å²) >= 11 is 0. The average Bonchev–Trinajstić information content (AvgIpc) is 2.62. The van der Waals surface area contributed by atoms with Crippen LogP contribution in [0, 0.1) is 13.8 Å². The van der Waals surface area contributed by atoms with Gasteiger partial charge in [0, 0.05) is 11.1 Å². The highest BCUT2D eigenvalue weighted by Gasteiger charge is 2.15. The van der Waals surface area contributed by atoms with Gasteiger partial charge in [-0.3, -0.25) is 0 Å². The molecular formula is C16H20O. The Morgan fingerprint density at radius 1 is 1.00 bits per heavy atom. The summed E-state index contributed by atoms with van der Waals surface area (Å²) in [7, 11) is 0. The lowest BCUT2D eigenvalue weighted by Crippen LogP contribution is -1.89. The van der Waals surface area contributed by atoms with Gasteiger partial charge in [0.1, 0.15) is 11.5 Å². The summed E-state index contributed by atoms with van der Waals surface area (Å²) < 4.78 is 5.80. The molecule has 1 aromatic carbocycles. The Morgan fingerprint density at radius 3 is 2.35 bits per heavy atom. The molecule has 0 bridgehead atoms. The van der Waals surface area contributed by atoms with Crippen molar-refractivity contribution < 1.29 is 4.42 Å². The van der Waals surface area contributed by atoms with Crippen molar-refractivity contribution in [3.05, 3.63) is 47.4 Å².